The minimum Gasteiger partial charge on any atom is -0.357 e. The van der Waals surface area contributed by atoms with Crippen LogP contribution in [0.15, 0.2) is 72.1 Å². The molecule has 3 aromatic rings. The number of para-hydroxylation sites is 3. The van der Waals surface area contributed by atoms with Gasteiger partial charge in [-0.05, 0) is 92.4 Å². The van der Waals surface area contributed by atoms with Gasteiger partial charge in [-0.2, -0.15) is 5.10 Å². The molecule has 6 aliphatic rings. The van der Waals surface area contributed by atoms with Crippen LogP contribution in [0.4, 0.5) is 11.4 Å². The van der Waals surface area contributed by atoms with Crippen LogP contribution in [0.5, 0.6) is 0 Å². The van der Waals surface area contributed by atoms with Crippen molar-refractivity contribution >= 4 is 23.1 Å². The molecule has 1 aromatic heterocycles. The average Bonchev–Trinajstić information content (AvgIpc) is 3.32. The van der Waals surface area contributed by atoms with Gasteiger partial charge in [-0.1, -0.05) is 44.2 Å². The fourth-order valence-electron chi connectivity index (χ4n) is 9.74. The Morgan fingerprint density at radius 3 is 2.21 bits per heavy atom. The van der Waals surface area contributed by atoms with Crippen LogP contribution in [0.1, 0.15) is 89.4 Å². The molecule has 2 heterocycles. The molecule has 0 saturated heterocycles. The highest BCUT2D eigenvalue weighted by atomic mass is 16.2. The summed E-state index contributed by atoms with van der Waals surface area (Å²) < 4.78 is 2.02. The zero-order valence-corrected chi connectivity index (χ0v) is 24.9. The molecule has 1 aliphatic heterocycles. The van der Waals surface area contributed by atoms with Crippen LogP contribution in [0.3, 0.4) is 0 Å². The summed E-state index contributed by atoms with van der Waals surface area (Å²) in [5.41, 5.74) is 6.34. The number of amides is 1. The Labute approximate surface area is 248 Å². The van der Waals surface area contributed by atoms with Gasteiger partial charge in [0, 0.05) is 41.8 Å². The summed E-state index contributed by atoms with van der Waals surface area (Å²) in [6, 6.07) is 17.8. The number of fused-ring (bicyclic) bond motifs is 1. The third-order valence-corrected chi connectivity index (χ3v) is 10.8. The Balaban J connectivity index is 1.40. The Kier molecular flexibility index (Phi) is 5.67. The van der Waals surface area contributed by atoms with Crippen molar-refractivity contribution in [2.24, 2.45) is 23.2 Å². The molecule has 0 spiro atoms. The van der Waals surface area contributed by atoms with E-state index in [1.54, 1.807) is 6.92 Å². The molecule has 1 N–H and O–H groups in total. The van der Waals surface area contributed by atoms with Crippen LogP contribution in [0.25, 0.3) is 5.69 Å². The number of hydrogen-bond donors (Lipinski definition) is 1. The fourth-order valence-corrected chi connectivity index (χ4v) is 9.74. The van der Waals surface area contributed by atoms with Gasteiger partial charge in [-0.3, -0.25) is 14.5 Å². The van der Waals surface area contributed by atoms with Crippen molar-refractivity contribution < 1.29 is 9.59 Å². The summed E-state index contributed by atoms with van der Waals surface area (Å²) in [6.45, 7) is 5.97. The molecule has 216 valence electrons. The first-order chi connectivity index (χ1) is 20.2. The maximum absolute atomic E-state index is 14.3. The Morgan fingerprint density at radius 1 is 0.905 bits per heavy atom. The van der Waals surface area contributed by atoms with Gasteiger partial charge in [0.15, 0.2) is 5.78 Å². The van der Waals surface area contributed by atoms with Crippen molar-refractivity contribution in [3.8, 4) is 5.69 Å². The number of ketones is 1. The molecule has 2 aromatic carbocycles. The molecular weight excluding hydrogens is 520 g/mol. The van der Waals surface area contributed by atoms with E-state index in [4.69, 9.17) is 5.10 Å². The highest BCUT2D eigenvalue weighted by Gasteiger charge is 2.55. The summed E-state index contributed by atoms with van der Waals surface area (Å²) in [4.78, 5) is 29.9. The van der Waals surface area contributed by atoms with E-state index in [0.29, 0.717) is 6.42 Å². The highest BCUT2D eigenvalue weighted by molar-refractivity contribution is 6.06. The monoisotopic (exact) mass is 560 g/mol. The summed E-state index contributed by atoms with van der Waals surface area (Å²) in [6.07, 6.45) is 10.9. The second kappa shape index (κ2) is 9.16. The Morgan fingerprint density at radius 2 is 1.55 bits per heavy atom. The predicted octanol–water partition coefficient (Wildman–Crippen LogP) is 7.50. The van der Waals surface area contributed by atoms with E-state index in [1.165, 1.54) is 19.3 Å². The number of carbonyl (C=O) groups is 2. The summed E-state index contributed by atoms with van der Waals surface area (Å²) in [7, 11) is 0. The second-order valence-electron chi connectivity index (χ2n) is 14.7. The quantitative estimate of drug-likeness (QED) is 0.360. The van der Waals surface area contributed by atoms with E-state index in [2.05, 4.69) is 37.5 Å². The highest BCUT2D eigenvalue weighted by Crippen LogP contribution is 2.62. The molecule has 1 atom stereocenters. The standard InChI is InChI=1S/C36H40N4O2/c1-22(41)40-30-12-8-7-11-28(30)37-29-19-35(2,3)20-31(42)32(29)33(40)27-21-39(26-9-5-4-6-10-26)38-34(27)36-16-23-13-24(17-36)15-25(14-23)18-36/h4-12,21,23-25,33,37H,13-20H2,1-3H3/t23?,24?,25?,33-,36?/m1/s1. The number of nitrogens with zero attached hydrogens (tertiary/aromatic N) is 3. The lowest BCUT2D eigenvalue weighted by Crippen LogP contribution is -2.49. The molecular formula is C36H40N4O2. The number of anilines is 2. The van der Waals surface area contributed by atoms with Crippen LogP contribution in [0, 0.1) is 23.2 Å². The summed E-state index contributed by atoms with van der Waals surface area (Å²) >= 11 is 0. The number of hydrogen-bond acceptors (Lipinski definition) is 4. The fraction of sp³-hybridized carbons (Fsp3) is 0.472. The summed E-state index contributed by atoms with van der Waals surface area (Å²) in [5.74, 6) is 2.31. The number of allylic oxidation sites excluding steroid dienone is 1. The number of aromatic nitrogens is 2. The van der Waals surface area contributed by atoms with E-state index in [0.717, 1.165) is 83.0 Å². The zero-order valence-electron chi connectivity index (χ0n) is 24.9. The first-order valence-corrected chi connectivity index (χ1v) is 15.8. The molecule has 6 nitrogen and oxygen atoms in total. The number of carbonyl (C=O) groups excluding carboxylic acids is 2. The van der Waals surface area contributed by atoms with Gasteiger partial charge in [0.2, 0.25) is 5.91 Å². The van der Waals surface area contributed by atoms with Crippen LogP contribution in [-0.4, -0.2) is 21.5 Å². The van der Waals surface area contributed by atoms with Gasteiger partial charge >= 0.3 is 0 Å². The van der Waals surface area contributed by atoms with Crippen molar-refractivity contribution in [1.82, 2.24) is 9.78 Å². The smallest absolute Gasteiger partial charge is 0.224 e. The minimum absolute atomic E-state index is 0.0104. The first-order valence-electron chi connectivity index (χ1n) is 15.8. The number of benzene rings is 2. The molecule has 1 amide bonds. The summed E-state index contributed by atoms with van der Waals surface area (Å²) in [5, 5.41) is 9.10. The van der Waals surface area contributed by atoms with E-state index in [9.17, 15) is 9.59 Å². The third kappa shape index (κ3) is 4.01. The molecule has 0 radical (unpaired) electrons. The van der Waals surface area contributed by atoms with Crippen LogP contribution in [-0.2, 0) is 15.0 Å². The van der Waals surface area contributed by atoms with Crippen LogP contribution < -0.4 is 10.2 Å². The van der Waals surface area contributed by atoms with E-state index in [1.807, 2.05) is 52.0 Å². The number of Topliss-reactive ketones (excluding diaryl/α,β-unsaturated/α-hetero) is 1. The van der Waals surface area contributed by atoms with Gasteiger partial charge in [0.05, 0.1) is 28.8 Å². The lowest BCUT2D eigenvalue weighted by atomic mass is 9.48. The lowest BCUT2D eigenvalue weighted by molar-refractivity contribution is -0.118. The zero-order chi connectivity index (χ0) is 28.8. The Bertz CT molecular complexity index is 1600. The molecule has 5 aliphatic carbocycles. The van der Waals surface area contributed by atoms with Gasteiger partial charge < -0.3 is 5.32 Å². The minimum atomic E-state index is -0.530. The maximum Gasteiger partial charge on any atom is 0.224 e. The SMILES string of the molecule is CC(=O)N1c2ccccc2NC2=C(C(=O)CC(C)(C)C2)[C@H]1c1cn(-c2ccccc2)nc1C12CC3CC(CC(C3)C1)C2. The third-order valence-electron chi connectivity index (χ3n) is 10.8. The van der Waals surface area contributed by atoms with Gasteiger partial charge in [-0.25, -0.2) is 4.68 Å². The molecule has 6 heteroatoms. The van der Waals surface area contributed by atoms with Crippen LogP contribution in [0.2, 0.25) is 0 Å². The molecule has 0 unspecified atom stereocenters. The Hall–Kier alpha value is -3.67. The predicted molar refractivity (Wildman–Crippen MR) is 164 cm³/mol. The van der Waals surface area contributed by atoms with E-state index in [-0.39, 0.29) is 22.5 Å². The topological polar surface area (TPSA) is 67.2 Å². The van der Waals surface area contributed by atoms with Crippen molar-refractivity contribution in [2.45, 2.75) is 83.6 Å². The van der Waals surface area contributed by atoms with Crippen molar-refractivity contribution in [2.75, 3.05) is 10.2 Å². The van der Waals surface area contributed by atoms with Crippen LogP contribution >= 0.6 is 0 Å². The van der Waals surface area contributed by atoms with E-state index < -0.39 is 6.04 Å². The molecule has 4 fully saturated rings. The number of nitrogens with one attached hydrogen (secondary N) is 1. The number of rotatable bonds is 3. The van der Waals surface area contributed by atoms with Crippen molar-refractivity contribution in [1.29, 1.82) is 0 Å². The van der Waals surface area contributed by atoms with Gasteiger partial charge in [0.1, 0.15) is 0 Å². The second-order valence-corrected chi connectivity index (χ2v) is 14.7. The molecule has 4 saturated carbocycles. The largest absolute Gasteiger partial charge is 0.357 e. The first kappa shape index (κ1) is 26.0. The maximum atomic E-state index is 14.3. The molecule has 9 rings (SSSR count). The van der Waals surface area contributed by atoms with Crippen molar-refractivity contribution in [3.05, 3.63) is 83.3 Å². The van der Waals surface area contributed by atoms with E-state index >= 15 is 0 Å². The normalized spacial score (nSPS) is 30.9. The average molecular weight is 561 g/mol. The van der Waals surface area contributed by atoms with Crippen molar-refractivity contribution in [3.63, 3.8) is 0 Å². The molecule has 4 bridgehead atoms. The van der Waals surface area contributed by atoms with Gasteiger partial charge in [-0.15, -0.1) is 0 Å². The molecule has 42 heavy (non-hydrogen) atoms. The van der Waals surface area contributed by atoms with Gasteiger partial charge in [0.25, 0.3) is 0 Å². The lowest BCUT2D eigenvalue weighted by Gasteiger charge is -2.56.